The highest BCUT2D eigenvalue weighted by Crippen LogP contribution is 2.31. The molecule has 0 fully saturated rings. The van der Waals surface area contributed by atoms with Gasteiger partial charge in [0.25, 0.3) is 10.0 Å². The van der Waals surface area contributed by atoms with Gasteiger partial charge in [-0.05, 0) is 24.3 Å². The van der Waals surface area contributed by atoms with E-state index in [9.17, 15) is 17.9 Å². The lowest BCUT2D eigenvalue weighted by Gasteiger charge is -2.10. The van der Waals surface area contributed by atoms with Gasteiger partial charge in [-0.2, -0.15) is 0 Å². The lowest BCUT2D eigenvalue weighted by molar-refractivity contribution is 0.471. The van der Waals surface area contributed by atoms with Crippen molar-refractivity contribution in [2.75, 3.05) is 4.72 Å². The maximum absolute atomic E-state index is 13.1. The number of rotatable bonds is 3. The third-order valence-corrected chi connectivity index (χ3v) is 4.54. The largest absolute Gasteiger partial charge is 0.506 e. The van der Waals surface area contributed by atoms with Crippen LogP contribution in [0.2, 0.25) is 5.02 Å². The van der Waals surface area contributed by atoms with Crippen molar-refractivity contribution in [1.29, 1.82) is 0 Å². The Morgan fingerprint density at radius 3 is 2.60 bits per heavy atom. The first kappa shape index (κ1) is 15.1. The monoisotopic (exact) mass is 379 g/mol. The minimum Gasteiger partial charge on any atom is -0.506 e. The van der Waals surface area contributed by atoms with E-state index in [1.54, 1.807) is 12.1 Å². The number of phenols is 1. The average Bonchev–Trinajstić information content (AvgIpc) is 2.36. The van der Waals surface area contributed by atoms with Gasteiger partial charge in [0.05, 0.1) is 15.6 Å². The van der Waals surface area contributed by atoms with E-state index < -0.39 is 21.6 Å². The van der Waals surface area contributed by atoms with Crippen LogP contribution in [0.4, 0.5) is 10.1 Å². The first-order valence-electron chi connectivity index (χ1n) is 5.26. The smallest absolute Gasteiger partial charge is 0.262 e. The summed E-state index contributed by atoms with van der Waals surface area (Å²) in [7, 11) is -3.91. The van der Waals surface area contributed by atoms with Crippen LogP contribution in [-0.4, -0.2) is 13.5 Å². The minimum absolute atomic E-state index is 0.00766. The first-order chi connectivity index (χ1) is 9.29. The summed E-state index contributed by atoms with van der Waals surface area (Å²) in [6, 6.07) is 7.74. The number of phenolic OH excluding ortho intramolecular Hbond substituents is 1. The van der Waals surface area contributed by atoms with Crippen LogP contribution >= 0.6 is 27.5 Å². The Morgan fingerprint density at radius 2 is 1.95 bits per heavy atom. The Bertz CT molecular complexity index is 767. The van der Waals surface area contributed by atoms with Crippen molar-refractivity contribution in [2.45, 2.75) is 4.90 Å². The van der Waals surface area contributed by atoms with Gasteiger partial charge >= 0.3 is 0 Å². The van der Waals surface area contributed by atoms with Gasteiger partial charge in [-0.25, -0.2) is 12.8 Å². The summed E-state index contributed by atoms with van der Waals surface area (Å²) in [5, 5.41) is 9.25. The van der Waals surface area contributed by atoms with Crippen LogP contribution in [0.1, 0.15) is 0 Å². The summed E-state index contributed by atoms with van der Waals surface area (Å²) in [6.07, 6.45) is 0. The normalized spacial score (nSPS) is 11.3. The molecule has 2 rings (SSSR count). The summed E-state index contributed by atoms with van der Waals surface area (Å²) < 4.78 is 40.1. The molecule has 0 radical (unpaired) electrons. The van der Waals surface area contributed by atoms with Crippen molar-refractivity contribution >= 4 is 43.2 Å². The number of sulfonamides is 1. The number of anilines is 1. The highest BCUT2D eigenvalue weighted by molar-refractivity contribution is 9.10. The Kier molecular flexibility index (Phi) is 4.22. The fourth-order valence-corrected chi connectivity index (χ4v) is 3.28. The van der Waals surface area contributed by atoms with Crippen LogP contribution < -0.4 is 4.72 Å². The van der Waals surface area contributed by atoms with Gasteiger partial charge in [-0.15, -0.1) is 0 Å². The van der Waals surface area contributed by atoms with Crippen LogP contribution in [0.15, 0.2) is 45.8 Å². The molecule has 0 amide bonds. The molecule has 0 bridgehead atoms. The zero-order chi connectivity index (χ0) is 14.9. The number of benzene rings is 2. The zero-order valence-corrected chi connectivity index (χ0v) is 12.9. The molecule has 0 heterocycles. The van der Waals surface area contributed by atoms with E-state index in [-0.39, 0.29) is 15.6 Å². The lowest BCUT2D eigenvalue weighted by Crippen LogP contribution is -2.13. The fourth-order valence-electron chi connectivity index (χ4n) is 1.46. The van der Waals surface area contributed by atoms with Crippen LogP contribution in [-0.2, 0) is 10.0 Å². The number of nitrogens with one attached hydrogen (secondary N) is 1. The molecule has 2 aromatic rings. The number of hydrogen-bond donors (Lipinski definition) is 2. The second-order valence-electron chi connectivity index (χ2n) is 3.85. The van der Waals surface area contributed by atoms with Crippen molar-refractivity contribution in [3.63, 3.8) is 0 Å². The second-order valence-corrected chi connectivity index (χ2v) is 6.85. The molecule has 0 saturated heterocycles. The standard InChI is InChI=1S/C12H8BrClFNO3S/c13-7-2-1-3-8(4-7)20(18,19)16-11-5-9(14)10(15)6-12(11)17/h1-6,16-17H. The van der Waals surface area contributed by atoms with Gasteiger partial charge in [0.2, 0.25) is 0 Å². The van der Waals surface area contributed by atoms with E-state index >= 15 is 0 Å². The molecule has 8 heteroatoms. The van der Waals surface area contributed by atoms with Crippen molar-refractivity contribution in [3.05, 3.63) is 51.7 Å². The van der Waals surface area contributed by atoms with Crippen molar-refractivity contribution in [3.8, 4) is 5.75 Å². The molecule has 2 aromatic carbocycles. The molecule has 0 aliphatic carbocycles. The molecule has 0 aliphatic heterocycles. The summed E-state index contributed by atoms with van der Waals surface area (Å²) in [6.45, 7) is 0. The number of halogens is 3. The molecule has 0 unspecified atom stereocenters. The minimum atomic E-state index is -3.91. The predicted molar refractivity (Wildman–Crippen MR) is 78.0 cm³/mol. The van der Waals surface area contributed by atoms with E-state index in [0.717, 1.165) is 12.1 Å². The van der Waals surface area contributed by atoms with Crippen molar-refractivity contribution < 1.29 is 17.9 Å². The van der Waals surface area contributed by atoms with Gasteiger partial charge in [0.1, 0.15) is 11.6 Å². The molecule has 20 heavy (non-hydrogen) atoms. The molecular formula is C12H8BrClFNO3S. The molecule has 4 nitrogen and oxygen atoms in total. The first-order valence-corrected chi connectivity index (χ1v) is 7.91. The predicted octanol–water partition coefficient (Wildman–Crippen LogP) is 3.75. The summed E-state index contributed by atoms with van der Waals surface area (Å²) >= 11 is 8.72. The molecule has 0 atom stereocenters. The molecule has 106 valence electrons. The second kappa shape index (κ2) is 5.59. The van der Waals surface area contributed by atoms with Gasteiger partial charge < -0.3 is 5.11 Å². The Morgan fingerprint density at radius 1 is 1.25 bits per heavy atom. The number of aromatic hydroxyl groups is 1. The molecular weight excluding hydrogens is 373 g/mol. The Balaban J connectivity index is 2.41. The lowest BCUT2D eigenvalue weighted by atomic mass is 10.3. The van der Waals surface area contributed by atoms with E-state index in [4.69, 9.17) is 11.6 Å². The third kappa shape index (κ3) is 3.23. The Hall–Kier alpha value is -1.31. The van der Waals surface area contributed by atoms with Gasteiger partial charge in [0.15, 0.2) is 0 Å². The van der Waals surface area contributed by atoms with Crippen LogP contribution in [0.3, 0.4) is 0 Å². The van der Waals surface area contributed by atoms with E-state index in [2.05, 4.69) is 20.7 Å². The van der Waals surface area contributed by atoms with Crippen LogP contribution in [0, 0.1) is 5.82 Å². The van der Waals surface area contributed by atoms with Gasteiger partial charge in [-0.1, -0.05) is 33.6 Å². The summed E-state index contributed by atoms with van der Waals surface area (Å²) in [5.74, 6) is -1.39. The maximum Gasteiger partial charge on any atom is 0.262 e. The molecule has 2 N–H and O–H groups in total. The molecule has 0 aliphatic rings. The fraction of sp³-hybridized carbons (Fsp3) is 0. The maximum atomic E-state index is 13.1. The summed E-state index contributed by atoms with van der Waals surface area (Å²) in [4.78, 5) is -0.00766. The van der Waals surface area contributed by atoms with Crippen LogP contribution in [0.25, 0.3) is 0 Å². The van der Waals surface area contributed by atoms with Gasteiger partial charge in [-0.3, -0.25) is 4.72 Å². The summed E-state index contributed by atoms with van der Waals surface area (Å²) in [5.41, 5.74) is -0.198. The highest BCUT2D eigenvalue weighted by atomic mass is 79.9. The number of hydrogen-bond acceptors (Lipinski definition) is 3. The van der Waals surface area contributed by atoms with Gasteiger partial charge in [0, 0.05) is 10.5 Å². The molecule has 0 aromatic heterocycles. The average molecular weight is 381 g/mol. The van der Waals surface area contributed by atoms with E-state index in [1.165, 1.54) is 12.1 Å². The van der Waals surface area contributed by atoms with Crippen LogP contribution in [0.5, 0.6) is 5.75 Å². The highest BCUT2D eigenvalue weighted by Gasteiger charge is 2.17. The quantitative estimate of drug-likeness (QED) is 0.797. The topological polar surface area (TPSA) is 66.4 Å². The molecule has 0 spiro atoms. The molecule has 0 saturated carbocycles. The SMILES string of the molecule is O=S(=O)(Nc1cc(Cl)c(F)cc1O)c1cccc(Br)c1. The third-order valence-electron chi connectivity index (χ3n) is 2.39. The Labute approximate surface area is 128 Å². The zero-order valence-electron chi connectivity index (χ0n) is 9.77. The van der Waals surface area contributed by atoms with E-state index in [0.29, 0.717) is 4.47 Å². The van der Waals surface area contributed by atoms with E-state index in [1.807, 2.05) is 0 Å². The van der Waals surface area contributed by atoms with Crippen molar-refractivity contribution in [2.24, 2.45) is 0 Å². The van der Waals surface area contributed by atoms with Crippen molar-refractivity contribution in [1.82, 2.24) is 0 Å².